The van der Waals surface area contributed by atoms with Crippen LogP contribution < -0.4 is 15.0 Å². The van der Waals surface area contributed by atoms with E-state index in [9.17, 15) is 5.11 Å². The second kappa shape index (κ2) is 7.52. The Labute approximate surface area is 177 Å². The number of nitrogens with zero attached hydrogens (tertiary/aromatic N) is 4. The van der Waals surface area contributed by atoms with Crippen LogP contribution in [0.2, 0.25) is 5.02 Å². The Kier molecular flexibility index (Phi) is 4.83. The minimum Gasteiger partial charge on any atom is -0.508 e. The van der Waals surface area contributed by atoms with E-state index in [-0.39, 0.29) is 28.9 Å². The van der Waals surface area contributed by atoms with Gasteiger partial charge in [-0.3, -0.25) is 4.98 Å². The number of anilines is 1. The molecule has 5 rings (SSSR count). The molecule has 1 saturated carbocycles. The largest absolute Gasteiger partial charge is 0.508 e. The molecular weight excluding hydrogens is 409 g/mol. The number of fused-ring (bicyclic) bond motifs is 1. The Morgan fingerprint density at radius 1 is 1.23 bits per heavy atom. The highest BCUT2D eigenvalue weighted by Crippen LogP contribution is 2.49. The zero-order chi connectivity index (χ0) is 20.8. The van der Waals surface area contributed by atoms with Gasteiger partial charge in [0, 0.05) is 43.0 Å². The van der Waals surface area contributed by atoms with Crippen LogP contribution in [0.1, 0.15) is 24.3 Å². The quantitative estimate of drug-likeness (QED) is 0.656. The molecular formula is C21H21ClFN5O2. The van der Waals surface area contributed by atoms with Crippen LogP contribution in [0.3, 0.4) is 0 Å². The minimum absolute atomic E-state index is 0.0255. The predicted molar refractivity (Wildman–Crippen MR) is 113 cm³/mol. The smallest absolute Gasteiger partial charge is 0.318 e. The number of rotatable bonds is 4. The molecule has 156 valence electrons. The van der Waals surface area contributed by atoms with E-state index in [4.69, 9.17) is 16.3 Å². The van der Waals surface area contributed by atoms with Gasteiger partial charge in [0.05, 0.1) is 12.5 Å². The monoisotopic (exact) mass is 429 g/mol. The van der Waals surface area contributed by atoms with Crippen molar-refractivity contribution in [1.82, 2.24) is 20.3 Å². The molecule has 0 unspecified atom stereocenters. The number of hydrogen-bond donors (Lipinski definition) is 2. The summed E-state index contributed by atoms with van der Waals surface area (Å²) < 4.78 is 21.0. The maximum atomic E-state index is 15.8. The number of hydrogen-bond acceptors (Lipinski definition) is 7. The second-order valence-corrected chi connectivity index (χ2v) is 8.02. The first kappa shape index (κ1) is 19.3. The molecule has 2 fully saturated rings. The number of piperazine rings is 1. The molecule has 2 N–H and O–H groups in total. The Morgan fingerprint density at radius 3 is 2.70 bits per heavy atom. The van der Waals surface area contributed by atoms with Crippen molar-refractivity contribution < 1.29 is 14.2 Å². The van der Waals surface area contributed by atoms with Crippen molar-refractivity contribution in [2.45, 2.75) is 18.8 Å². The van der Waals surface area contributed by atoms with Gasteiger partial charge in [0.15, 0.2) is 5.82 Å². The molecule has 7 nitrogen and oxygen atoms in total. The van der Waals surface area contributed by atoms with Crippen molar-refractivity contribution in [3.8, 4) is 23.0 Å². The first-order valence-corrected chi connectivity index (χ1v) is 10.3. The van der Waals surface area contributed by atoms with Crippen LogP contribution in [0.5, 0.6) is 11.8 Å². The number of pyridine rings is 1. The number of aromatic hydroxyl groups is 1. The number of phenols is 1. The highest BCUT2D eigenvalue weighted by molar-refractivity contribution is 6.32. The predicted octanol–water partition coefficient (Wildman–Crippen LogP) is 3.49. The fourth-order valence-corrected chi connectivity index (χ4v) is 4.37. The summed E-state index contributed by atoms with van der Waals surface area (Å²) in [6.45, 7) is 3.11. The lowest BCUT2D eigenvalue weighted by Crippen LogP contribution is -2.44. The number of aromatic nitrogens is 3. The Balaban J connectivity index is 1.72. The molecule has 2 aliphatic rings. The van der Waals surface area contributed by atoms with E-state index in [0.29, 0.717) is 21.8 Å². The van der Waals surface area contributed by atoms with E-state index in [1.807, 2.05) is 0 Å². The van der Waals surface area contributed by atoms with Crippen LogP contribution in [-0.2, 0) is 0 Å². The van der Waals surface area contributed by atoms with Crippen LogP contribution in [0, 0.1) is 5.82 Å². The zero-order valence-corrected chi connectivity index (χ0v) is 17.2. The number of halogens is 2. The van der Waals surface area contributed by atoms with Gasteiger partial charge in [-0.1, -0.05) is 11.6 Å². The molecule has 0 bridgehead atoms. The molecule has 3 aromatic rings. The van der Waals surface area contributed by atoms with Gasteiger partial charge in [-0.25, -0.2) is 4.39 Å². The van der Waals surface area contributed by atoms with Gasteiger partial charge in [0.25, 0.3) is 0 Å². The number of methoxy groups -OCH3 is 1. The third-order valence-electron chi connectivity index (χ3n) is 5.60. The van der Waals surface area contributed by atoms with E-state index in [1.165, 1.54) is 19.2 Å². The summed E-state index contributed by atoms with van der Waals surface area (Å²) in [6, 6.07) is 3.11. The summed E-state index contributed by atoms with van der Waals surface area (Å²) in [5.41, 5.74) is 1.59. The molecule has 1 saturated heterocycles. The molecule has 1 aliphatic heterocycles. The number of phenolic OH excluding ortho intramolecular Hbond substituents is 1. The first-order valence-electron chi connectivity index (χ1n) is 9.95. The zero-order valence-electron chi connectivity index (χ0n) is 16.5. The third-order valence-corrected chi connectivity index (χ3v) is 5.91. The van der Waals surface area contributed by atoms with Gasteiger partial charge in [-0.2, -0.15) is 9.97 Å². The van der Waals surface area contributed by atoms with E-state index < -0.39 is 5.82 Å². The second-order valence-electron chi connectivity index (χ2n) is 7.62. The summed E-state index contributed by atoms with van der Waals surface area (Å²) in [6.07, 6.45) is 3.56. The highest BCUT2D eigenvalue weighted by Gasteiger charge is 2.31. The van der Waals surface area contributed by atoms with Crippen LogP contribution >= 0.6 is 11.6 Å². The standard InChI is InChI=1S/C21H21ClFN5O2/c1-30-21-26-19-14(20(27-21)28-6-4-24-5-7-28)10-25-18(17(19)23)13-8-12(29)9-15(22)16(13)11-2-3-11/h8-11,24,29H,2-7H2,1H3. The third kappa shape index (κ3) is 3.30. The van der Waals surface area contributed by atoms with Crippen LogP contribution in [-0.4, -0.2) is 53.3 Å². The van der Waals surface area contributed by atoms with Crippen molar-refractivity contribution in [1.29, 1.82) is 0 Å². The lowest BCUT2D eigenvalue weighted by atomic mass is 9.98. The van der Waals surface area contributed by atoms with Crippen molar-refractivity contribution in [3.05, 3.63) is 34.7 Å². The average molecular weight is 430 g/mol. The van der Waals surface area contributed by atoms with Gasteiger partial charge >= 0.3 is 6.01 Å². The maximum Gasteiger partial charge on any atom is 0.318 e. The van der Waals surface area contributed by atoms with Crippen molar-refractivity contribution in [3.63, 3.8) is 0 Å². The van der Waals surface area contributed by atoms with Gasteiger partial charge in [0.1, 0.15) is 22.8 Å². The lowest BCUT2D eigenvalue weighted by Gasteiger charge is -2.29. The van der Waals surface area contributed by atoms with Crippen LogP contribution in [0.25, 0.3) is 22.2 Å². The molecule has 0 amide bonds. The highest BCUT2D eigenvalue weighted by atomic mass is 35.5. The SMILES string of the molecule is COc1nc(N2CCNCC2)c2cnc(-c3cc(O)cc(Cl)c3C3CC3)c(F)c2n1. The van der Waals surface area contributed by atoms with Gasteiger partial charge < -0.3 is 20.1 Å². The van der Waals surface area contributed by atoms with Crippen molar-refractivity contribution >= 4 is 28.3 Å². The lowest BCUT2D eigenvalue weighted by molar-refractivity contribution is 0.381. The summed E-state index contributed by atoms with van der Waals surface area (Å²) in [7, 11) is 1.46. The van der Waals surface area contributed by atoms with E-state index in [2.05, 4.69) is 25.2 Å². The Hall–Kier alpha value is -2.71. The van der Waals surface area contributed by atoms with E-state index in [0.717, 1.165) is 44.6 Å². The van der Waals surface area contributed by atoms with Crippen LogP contribution in [0.4, 0.5) is 10.2 Å². The molecule has 0 spiro atoms. The fourth-order valence-electron chi connectivity index (χ4n) is 4.00. The van der Waals surface area contributed by atoms with Gasteiger partial charge in [0.2, 0.25) is 0 Å². The molecule has 0 atom stereocenters. The average Bonchev–Trinajstić information content (AvgIpc) is 3.58. The maximum absolute atomic E-state index is 15.8. The summed E-state index contributed by atoms with van der Waals surface area (Å²) in [5.74, 6) is 0.254. The number of nitrogens with one attached hydrogen (secondary N) is 1. The van der Waals surface area contributed by atoms with Crippen LogP contribution in [0.15, 0.2) is 18.3 Å². The molecule has 9 heteroatoms. The summed E-state index contributed by atoms with van der Waals surface area (Å²) in [4.78, 5) is 15.3. The molecule has 3 heterocycles. The minimum atomic E-state index is -0.576. The molecule has 0 radical (unpaired) electrons. The number of benzene rings is 1. The Morgan fingerprint density at radius 2 is 2.00 bits per heavy atom. The fraction of sp³-hybridized carbons (Fsp3) is 0.381. The number of ether oxygens (including phenoxy) is 1. The molecule has 1 aliphatic carbocycles. The van der Waals surface area contributed by atoms with Gasteiger partial charge in [-0.05, 0) is 36.5 Å². The van der Waals surface area contributed by atoms with Crippen molar-refractivity contribution in [2.75, 3.05) is 38.2 Å². The molecule has 2 aromatic heterocycles. The first-order chi connectivity index (χ1) is 14.6. The molecule has 30 heavy (non-hydrogen) atoms. The Bertz CT molecular complexity index is 1130. The summed E-state index contributed by atoms with van der Waals surface area (Å²) >= 11 is 6.40. The molecule has 1 aromatic carbocycles. The van der Waals surface area contributed by atoms with Crippen molar-refractivity contribution in [2.24, 2.45) is 0 Å². The van der Waals surface area contributed by atoms with E-state index in [1.54, 1.807) is 6.20 Å². The van der Waals surface area contributed by atoms with Gasteiger partial charge in [-0.15, -0.1) is 0 Å². The summed E-state index contributed by atoms with van der Waals surface area (Å²) in [5, 5.41) is 14.3. The topological polar surface area (TPSA) is 83.4 Å². The normalized spacial score (nSPS) is 16.8. The van der Waals surface area contributed by atoms with E-state index >= 15 is 4.39 Å².